The van der Waals surface area contributed by atoms with Gasteiger partial charge in [0.25, 0.3) is 0 Å². The van der Waals surface area contributed by atoms with Crippen molar-refractivity contribution in [2.45, 2.75) is 32.1 Å². The van der Waals surface area contributed by atoms with E-state index in [1.807, 2.05) is 0 Å². The summed E-state index contributed by atoms with van der Waals surface area (Å²) in [6.07, 6.45) is 5.07. The summed E-state index contributed by atoms with van der Waals surface area (Å²) in [5.74, 6) is -0.691. The zero-order chi connectivity index (χ0) is 20.1. The second-order valence-electron chi connectivity index (χ2n) is 7.98. The highest BCUT2D eigenvalue weighted by Crippen LogP contribution is 2.35. The van der Waals surface area contributed by atoms with Gasteiger partial charge in [0, 0.05) is 26.2 Å². The van der Waals surface area contributed by atoms with Gasteiger partial charge in [-0.1, -0.05) is 30.5 Å². The Labute approximate surface area is 171 Å². The standard InChI is InChI=1S/C21H28ClFN4O/c22-18-2-1-3-19(20(18)23)27-12-10-26(11-13-27)9-8-15-4-6-16(7-5-15)17(14-24)21(25)28/h1-3,15-17H,4-13H2,(H2,25,28). The summed E-state index contributed by atoms with van der Waals surface area (Å²) in [7, 11) is 0. The van der Waals surface area contributed by atoms with Gasteiger partial charge in [-0.05, 0) is 49.8 Å². The van der Waals surface area contributed by atoms with E-state index in [0.717, 1.165) is 64.8 Å². The molecule has 2 N–H and O–H groups in total. The summed E-state index contributed by atoms with van der Waals surface area (Å²) in [5, 5.41) is 9.30. The Kier molecular flexibility index (Phi) is 7.14. The van der Waals surface area contributed by atoms with Crippen LogP contribution in [-0.2, 0) is 4.79 Å². The second-order valence-corrected chi connectivity index (χ2v) is 8.39. The first kappa shape index (κ1) is 20.9. The number of benzene rings is 1. The van der Waals surface area contributed by atoms with E-state index in [1.54, 1.807) is 18.2 Å². The smallest absolute Gasteiger partial charge is 0.235 e. The number of carbonyl (C=O) groups excluding carboxylic acids is 1. The highest BCUT2D eigenvalue weighted by Gasteiger charge is 2.31. The first-order valence-electron chi connectivity index (χ1n) is 10.1. The van der Waals surface area contributed by atoms with Gasteiger partial charge >= 0.3 is 0 Å². The second kappa shape index (κ2) is 9.58. The number of primary amides is 1. The number of hydrogen-bond acceptors (Lipinski definition) is 4. The van der Waals surface area contributed by atoms with Gasteiger partial charge in [0.15, 0.2) is 5.82 Å². The molecule has 1 aromatic carbocycles. The number of hydrogen-bond donors (Lipinski definition) is 1. The first-order valence-corrected chi connectivity index (χ1v) is 10.5. The van der Waals surface area contributed by atoms with Gasteiger partial charge in [0.2, 0.25) is 5.91 Å². The van der Waals surface area contributed by atoms with E-state index >= 15 is 0 Å². The summed E-state index contributed by atoms with van der Waals surface area (Å²) in [5.41, 5.74) is 5.93. The predicted molar refractivity (Wildman–Crippen MR) is 108 cm³/mol. The lowest BCUT2D eigenvalue weighted by atomic mass is 9.75. The number of nitrogens with zero attached hydrogens (tertiary/aromatic N) is 3. The van der Waals surface area contributed by atoms with Crippen molar-refractivity contribution in [1.29, 1.82) is 5.26 Å². The van der Waals surface area contributed by atoms with E-state index < -0.39 is 11.8 Å². The number of rotatable bonds is 6. The van der Waals surface area contributed by atoms with Gasteiger partial charge in [-0.2, -0.15) is 5.26 Å². The minimum absolute atomic E-state index is 0.120. The van der Waals surface area contributed by atoms with Crippen molar-refractivity contribution in [3.05, 3.63) is 29.0 Å². The number of anilines is 1. The Hall–Kier alpha value is -1.84. The van der Waals surface area contributed by atoms with Crippen LogP contribution >= 0.6 is 11.6 Å². The van der Waals surface area contributed by atoms with Crippen LogP contribution in [0.1, 0.15) is 32.1 Å². The summed E-state index contributed by atoms with van der Waals surface area (Å²) in [6, 6.07) is 7.23. The fourth-order valence-electron chi connectivity index (χ4n) is 4.53. The molecule has 1 heterocycles. The van der Waals surface area contributed by atoms with E-state index in [-0.39, 0.29) is 16.8 Å². The minimum atomic E-state index is -0.638. The molecule has 1 unspecified atom stereocenters. The van der Waals surface area contributed by atoms with Crippen molar-refractivity contribution in [2.75, 3.05) is 37.6 Å². The Bertz CT molecular complexity index is 722. The molecular weight excluding hydrogens is 379 g/mol. The number of amides is 1. The molecule has 0 spiro atoms. The Morgan fingerprint density at radius 1 is 1.25 bits per heavy atom. The zero-order valence-electron chi connectivity index (χ0n) is 16.1. The van der Waals surface area contributed by atoms with Crippen LogP contribution in [-0.4, -0.2) is 43.5 Å². The van der Waals surface area contributed by atoms with E-state index in [1.165, 1.54) is 0 Å². The maximum absolute atomic E-state index is 14.2. The molecule has 1 saturated heterocycles. The molecule has 0 bridgehead atoms. The molecule has 3 rings (SSSR count). The molecule has 2 fully saturated rings. The molecular formula is C21H28ClFN4O. The van der Waals surface area contributed by atoms with Crippen molar-refractivity contribution in [3.63, 3.8) is 0 Å². The van der Waals surface area contributed by atoms with Gasteiger partial charge < -0.3 is 10.6 Å². The van der Waals surface area contributed by atoms with Crippen LogP contribution in [0.25, 0.3) is 0 Å². The monoisotopic (exact) mass is 406 g/mol. The van der Waals surface area contributed by atoms with Crippen LogP contribution in [0.4, 0.5) is 10.1 Å². The number of carbonyl (C=O) groups is 1. The molecule has 1 aliphatic carbocycles. The van der Waals surface area contributed by atoms with Gasteiger partial charge in [-0.25, -0.2) is 4.39 Å². The number of nitrogens with two attached hydrogens (primary N) is 1. The fourth-order valence-corrected chi connectivity index (χ4v) is 4.70. The van der Waals surface area contributed by atoms with Gasteiger partial charge in [-0.3, -0.25) is 9.69 Å². The number of nitriles is 1. The molecule has 152 valence electrons. The molecule has 5 nitrogen and oxygen atoms in total. The largest absolute Gasteiger partial charge is 0.369 e. The average Bonchev–Trinajstić information content (AvgIpc) is 2.70. The van der Waals surface area contributed by atoms with Gasteiger partial charge in [0.1, 0.15) is 5.92 Å². The van der Waals surface area contributed by atoms with Crippen LogP contribution in [0, 0.1) is 34.9 Å². The molecule has 1 aliphatic heterocycles. The summed E-state index contributed by atoms with van der Waals surface area (Å²) < 4.78 is 14.2. The average molecular weight is 407 g/mol. The molecule has 7 heteroatoms. The number of halogens is 2. The molecule has 2 aliphatic rings. The van der Waals surface area contributed by atoms with Gasteiger partial charge in [0.05, 0.1) is 16.8 Å². The lowest BCUT2D eigenvalue weighted by Gasteiger charge is -2.37. The summed E-state index contributed by atoms with van der Waals surface area (Å²) in [6.45, 7) is 4.47. The normalized spacial score (nSPS) is 24.5. The van der Waals surface area contributed by atoms with Crippen molar-refractivity contribution >= 4 is 23.2 Å². The third-order valence-electron chi connectivity index (χ3n) is 6.31. The molecule has 0 radical (unpaired) electrons. The van der Waals surface area contributed by atoms with Crippen LogP contribution in [0.3, 0.4) is 0 Å². The van der Waals surface area contributed by atoms with E-state index in [2.05, 4.69) is 15.9 Å². The van der Waals surface area contributed by atoms with Gasteiger partial charge in [-0.15, -0.1) is 0 Å². The quantitative estimate of drug-likeness (QED) is 0.785. The summed E-state index contributed by atoms with van der Waals surface area (Å²) in [4.78, 5) is 15.9. The highest BCUT2D eigenvalue weighted by atomic mass is 35.5. The maximum atomic E-state index is 14.2. The van der Waals surface area contributed by atoms with E-state index in [0.29, 0.717) is 11.6 Å². The van der Waals surface area contributed by atoms with Crippen LogP contribution in [0.2, 0.25) is 5.02 Å². The maximum Gasteiger partial charge on any atom is 0.235 e. The fraction of sp³-hybridized carbons (Fsp3) is 0.619. The number of piperazine rings is 1. The topological polar surface area (TPSA) is 73.4 Å². The third-order valence-corrected chi connectivity index (χ3v) is 6.60. The minimum Gasteiger partial charge on any atom is -0.369 e. The Morgan fingerprint density at radius 2 is 1.93 bits per heavy atom. The molecule has 1 atom stereocenters. The molecule has 28 heavy (non-hydrogen) atoms. The van der Waals surface area contributed by atoms with Crippen molar-refractivity contribution in [3.8, 4) is 6.07 Å². The lowest BCUT2D eigenvalue weighted by molar-refractivity contribution is -0.122. The highest BCUT2D eigenvalue weighted by molar-refractivity contribution is 6.31. The first-order chi connectivity index (χ1) is 13.5. The Morgan fingerprint density at radius 3 is 2.54 bits per heavy atom. The van der Waals surface area contributed by atoms with Crippen LogP contribution in [0.5, 0.6) is 0 Å². The van der Waals surface area contributed by atoms with E-state index in [9.17, 15) is 9.18 Å². The third kappa shape index (κ3) is 4.95. The van der Waals surface area contributed by atoms with Crippen LogP contribution < -0.4 is 10.6 Å². The Balaban J connectivity index is 1.40. The zero-order valence-corrected chi connectivity index (χ0v) is 16.9. The SMILES string of the molecule is N#CC(C(N)=O)C1CCC(CCN2CCN(c3cccc(Cl)c3F)CC2)CC1. The van der Waals surface area contributed by atoms with Crippen molar-refractivity contribution in [1.82, 2.24) is 4.90 Å². The molecule has 1 saturated carbocycles. The van der Waals surface area contributed by atoms with E-state index in [4.69, 9.17) is 22.6 Å². The predicted octanol–water partition coefficient (Wildman–Crippen LogP) is 3.42. The molecule has 1 amide bonds. The molecule has 1 aromatic rings. The lowest BCUT2D eigenvalue weighted by Crippen LogP contribution is -2.47. The van der Waals surface area contributed by atoms with Crippen molar-refractivity contribution < 1.29 is 9.18 Å². The molecule has 0 aromatic heterocycles. The van der Waals surface area contributed by atoms with Crippen LogP contribution in [0.15, 0.2) is 18.2 Å². The summed E-state index contributed by atoms with van der Waals surface area (Å²) >= 11 is 5.90. The van der Waals surface area contributed by atoms with Crippen molar-refractivity contribution in [2.24, 2.45) is 23.5 Å².